The number of carbonyl (C=O) groups excluding carboxylic acids is 1. The van der Waals surface area contributed by atoms with Gasteiger partial charge < -0.3 is 9.64 Å². The van der Waals surface area contributed by atoms with Crippen LogP contribution in [-0.2, 0) is 4.74 Å². The maximum atomic E-state index is 11.3. The third-order valence-electron chi connectivity index (χ3n) is 2.33. The number of rotatable bonds is 2. The van der Waals surface area contributed by atoms with E-state index >= 15 is 0 Å². The summed E-state index contributed by atoms with van der Waals surface area (Å²) in [6.07, 6.45) is 3.05. The molecule has 1 amide bonds. The van der Waals surface area contributed by atoms with Gasteiger partial charge in [-0.25, -0.2) is 4.79 Å². The topological polar surface area (TPSA) is 42.4 Å². The molecule has 1 aliphatic heterocycles. The summed E-state index contributed by atoms with van der Waals surface area (Å²) in [7, 11) is 0. The lowest BCUT2D eigenvalue weighted by Gasteiger charge is -2.08. The zero-order valence-electron chi connectivity index (χ0n) is 8.01. The zero-order valence-corrected chi connectivity index (χ0v) is 8.01. The molecule has 0 radical (unpaired) electrons. The number of cyclic esters (lactones) is 1. The Bertz CT molecular complexity index is 326. The van der Waals surface area contributed by atoms with Crippen molar-refractivity contribution in [1.82, 2.24) is 9.88 Å². The second kappa shape index (κ2) is 3.65. The van der Waals surface area contributed by atoms with Crippen LogP contribution in [-0.4, -0.2) is 29.1 Å². The van der Waals surface area contributed by atoms with Gasteiger partial charge in [-0.2, -0.15) is 0 Å². The number of aromatic nitrogens is 1. The van der Waals surface area contributed by atoms with Crippen molar-refractivity contribution >= 4 is 6.09 Å². The molecule has 2 heterocycles. The molecular formula is C10H12N2O2. The highest BCUT2D eigenvalue weighted by Gasteiger charge is 2.30. The molecule has 1 aromatic heterocycles. The van der Waals surface area contributed by atoms with E-state index in [0.29, 0.717) is 13.1 Å². The normalized spacial score (nSPS) is 21.1. The molecule has 1 aromatic rings. The van der Waals surface area contributed by atoms with Crippen molar-refractivity contribution in [2.24, 2.45) is 0 Å². The number of likely N-dealkylation sites (N-methyl/N-ethyl adjacent to an activating group) is 1. The Kier molecular flexibility index (Phi) is 2.35. The fraction of sp³-hybridized carbons (Fsp3) is 0.400. The van der Waals surface area contributed by atoms with Crippen molar-refractivity contribution in [3.05, 3.63) is 30.1 Å². The molecule has 0 aliphatic carbocycles. The van der Waals surface area contributed by atoms with Crippen molar-refractivity contribution in [3.63, 3.8) is 0 Å². The van der Waals surface area contributed by atoms with Gasteiger partial charge in [0.05, 0.1) is 6.54 Å². The highest BCUT2D eigenvalue weighted by atomic mass is 16.6. The molecule has 0 aromatic carbocycles. The minimum Gasteiger partial charge on any atom is -0.439 e. The van der Waals surface area contributed by atoms with Crippen molar-refractivity contribution < 1.29 is 9.53 Å². The van der Waals surface area contributed by atoms with Crippen molar-refractivity contribution in [1.29, 1.82) is 0 Å². The minimum atomic E-state index is -0.235. The highest BCUT2D eigenvalue weighted by molar-refractivity contribution is 5.70. The molecule has 4 nitrogen and oxygen atoms in total. The Morgan fingerprint density at radius 3 is 3.14 bits per heavy atom. The first kappa shape index (κ1) is 8.99. The van der Waals surface area contributed by atoms with E-state index in [1.807, 2.05) is 19.1 Å². The van der Waals surface area contributed by atoms with Crippen molar-refractivity contribution in [2.75, 3.05) is 13.1 Å². The lowest BCUT2D eigenvalue weighted by atomic mass is 10.2. The van der Waals surface area contributed by atoms with Gasteiger partial charge >= 0.3 is 6.09 Å². The van der Waals surface area contributed by atoms with E-state index in [4.69, 9.17) is 4.74 Å². The average Bonchev–Trinajstić information content (AvgIpc) is 2.61. The molecule has 0 N–H and O–H groups in total. The van der Waals surface area contributed by atoms with E-state index < -0.39 is 0 Å². The van der Waals surface area contributed by atoms with Crippen LogP contribution in [0.4, 0.5) is 4.79 Å². The number of pyridine rings is 1. The van der Waals surface area contributed by atoms with Gasteiger partial charge in [-0.1, -0.05) is 6.07 Å². The van der Waals surface area contributed by atoms with Crippen molar-refractivity contribution in [2.45, 2.75) is 13.0 Å². The fourth-order valence-electron chi connectivity index (χ4n) is 1.51. The Morgan fingerprint density at radius 1 is 1.71 bits per heavy atom. The van der Waals surface area contributed by atoms with Crippen LogP contribution in [0.5, 0.6) is 0 Å². The third kappa shape index (κ3) is 1.55. The summed E-state index contributed by atoms with van der Waals surface area (Å²) in [5.41, 5.74) is 0.955. The summed E-state index contributed by atoms with van der Waals surface area (Å²) in [4.78, 5) is 16.9. The van der Waals surface area contributed by atoms with Gasteiger partial charge in [0.1, 0.15) is 6.10 Å². The van der Waals surface area contributed by atoms with Gasteiger partial charge in [0, 0.05) is 24.5 Å². The quantitative estimate of drug-likeness (QED) is 0.714. The van der Waals surface area contributed by atoms with Crippen LogP contribution < -0.4 is 0 Å². The molecule has 1 saturated heterocycles. The van der Waals surface area contributed by atoms with Crippen LogP contribution in [0.15, 0.2) is 24.5 Å². The summed E-state index contributed by atoms with van der Waals surface area (Å²) < 4.78 is 5.20. The van der Waals surface area contributed by atoms with Gasteiger partial charge in [0.25, 0.3) is 0 Å². The van der Waals surface area contributed by atoms with E-state index in [-0.39, 0.29) is 12.2 Å². The Hall–Kier alpha value is -1.58. The second-order valence-electron chi connectivity index (χ2n) is 3.20. The molecule has 14 heavy (non-hydrogen) atoms. The van der Waals surface area contributed by atoms with E-state index in [1.54, 1.807) is 17.3 Å². The Labute approximate surface area is 82.5 Å². The predicted octanol–water partition coefficient (Wildman–Crippen LogP) is 1.59. The lowest BCUT2D eigenvalue weighted by molar-refractivity contribution is 0.133. The molecule has 74 valence electrons. The summed E-state index contributed by atoms with van der Waals surface area (Å²) in [6.45, 7) is 3.25. The smallest absolute Gasteiger partial charge is 0.410 e. The number of nitrogens with zero attached hydrogens (tertiary/aromatic N) is 2. The van der Waals surface area contributed by atoms with E-state index in [9.17, 15) is 4.79 Å². The Morgan fingerprint density at radius 2 is 2.57 bits per heavy atom. The average molecular weight is 192 g/mol. The molecule has 1 unspecified atom stereocenters. The van der Waals surface area contributed by atoms with Crippen LogP contribution in [0.25, 0.3) is 0 Å². The van der Waals surface area contributed by atoms with Crippen LogP contribution in [0, 0.1) is 0 Å². The largest absolute Gasteiger partial charge is 0.439 e. The molecule has 0 saturated carbocycles. The van der Waals surface area contributed by atoms with Crippen LogP contribution in [0.3, 0.4) is 0 Å². The molecular weight excluding hydrogens is 180 g/mol. The molecule has 1 fully saturated rings. The lowest BCUT2D eigenvalue weighted by Crippen LogP contribution is -2.23. The SMILES string of the molecule is CCN1CC(c2cccnc2)OC1=O. The van der Waals surface area contributed by atoms with Gasteiger partial charge in [-0.3, -0.25) is 4.98 Å². The number of hydrogen-bond donors (Lipinski definition) is 0. The number of hydrogen-bond acceptors (Lipinski definition) is 3. The van der Waals surface area contributed by atoms with E-state index in [2.05, 4.69) is 4.98 Å². The predicted molar refractivity (Wildman–Crippen MR) is 50.7 cm³/mol. The number of ether oxygens (including phenoxy) is 1. The first-order valence-electron chi connectivity index (χ1n) is 4.66. The second-order valence-corrected chi connectivity index (χ2v) is 3.20. The monoisotopic (exact) mass is 192 g/mol. The van der Waals surface area contributed by atoms with E-state index in [0.717, 1.165) is 5.56 Å². The molecule has 4 heteroatoms. The first-order valence-corrected chi connectivity index (χ1v) is 4.66. The first-order chi connectivity index (χ1) is 6.81. The van der Waals surface area contributed by atoms with Gasteiger partial charge in [-0.05, 0) is 13.0 Å². The maximum absolute atomic E-state index is 11.3. The van der Waals surface area contributed by atoms with Gasteiger partial charge in [-0.15, -0.1) is 0 Å². The summed E-state index contributed by atoms with van der Waals surface area (Å²) in [5, 5.41) is 0. The molecule has 1 aliphatic rings. The number of amides is 1. The highest BCUT2D eigenvalue weighted by Crippen LogP contribution is 2.24. The van der Waals surface area contributed by atoms with Crippen LogP contribution in [0.1, 0.15) is 18.6 Å². The molecule has 1 atom stereocenters. The Balaban J connectivity index is 2.13. The van der Waals surface area contributed by atoms with Gasteiger partial charge in [0.2, 0.25) is 0 Å². The van der Waals surface area contributed by atoms with Crippen molar-refractivity contribution in [3.8, 4) is 0 Å². The van der Waals surface area contributed by atoms with Crippen LogP contribution >= 0.6 is 0 Å². The third-order valence-corrected chi connectivity index (χ3v) is 2.33. The number of carbonyl (C=O) groups is 1. The molecule has 0 spiro atoms. The van der Waals surface area contributed by atoms with Gasteiger partial charge in [0.15, 0.2) is 0 Å². The van der Waals surface area contributed by atoms with Crippen LogP contribution in [0.2, 0.25) is 0 Å². The summed E-state index contributed by atoms with van der Waals surface area (Å²) in [6, 6.07) is 3.77. The maximum Gasteiger partial charge on any atom is 0.410 e. The summed E-state index contributed by atoms with van der Waals surface area (Å²) >= 11 is 0. The molecule has 2 rings (SSSR count). The molecule has 0 bridgehead atoms. The van der Waals surface area contributed by atoms with E-state index in [1.165, 1.54) is 0 Å². The zero-order chi connectivity index (χ0) is 9.97. The fourth-order valence-corrected chi connectivity index (χ4v) is 1.51. The standard InChI is InChI=1S/C10H12N2O2/c1-2-12-7-9(14-10(12)13)8-4-3-5-11-6-8/h3-6,9H,2,7H2,1H3. The minimum absolute atomic E-state index is 0.156. The summed E-state index contributed by atoms with van der Waals surface area (Å²) in [5.74, 6) is 0.